The maximum absolute atomic E-state index is 8.36. The number of nitrogens with zero attached hydrogens (tertiary/aromatic N) is 4. The summed E-state index contributed by atoms with van der Waals surface area (Å²) in [5, 5.41) is 13.6. The van der Waals surface area contributed by atoms with Crippen molar-refractivity contribution < 1.29 is 10.3 Å². The van der Waals surface area contributed by atoms with Crippen LogP contribution >= 0.6 is 0 Å². The van der Waals surface area contributed by atoms with Crippen molar-refractivity contribution >= 4 is 11.9 Å². The van der Waals surface area contributed by atoms with Gasteiger partial charge in [0, 0.05) is 19.6 Å². The molecular weight excluding hydrogens is 276 g/mol. The van der Waals surface area contributed by atoms with Crippen LogP contribution in [0.2, 0.25) is 0 Å². The third-order valence-electron chi connectivity index (χ3n) is 2.37. The predicted octanol–water partition coefficient (Wildman–Crippen LogP) is 1.19. The summed E-state index contributed by atoms with van der Waals surface area (Å²) >= 11 is 0. The van der Waals surface area contributed by atoms with Gasteiger partial charge in [0.15, 0.2) is 5.96 Å². The van der Waals surface area contributed by atoms with Crippen LogP contribution < -0.4 is 11.5 Å². The molecule has 0 amide bonds. The first-order chi connectivity index (χ1) is 9.88. The molecule has 0 spiro atoms. The fraction of sp³-hybridized carbons (Fsp3) is 0.833. The summed E-state index contributed by atoms with van der Waals surface area (Å²) in [6.45, 7) is 8.96. The van der Waals surface area contributed by atoms with Gasteiger partial charge >= 0.3 is 0 Å². The van der Waals surface area contributed by atoms with E-state index in [1.165, 1.54) is 0 Å². The lowest BCUT2D eigenvalue weighted by atomic mass is 10.3. The Morgan fingerprint density at radius 3 is 1.90 bits per heavy atom. The van der Waals surface area contributed by atoms with E-state index in [4.69, 9.17) is 26.8 Å². The summed E-state index contributed by atoms with van der Waals surface area (Å²) in [7, 11) is 0. The van der Waals surface area contributed by atoms with Gasteiger partial charge in [0.05, 0.1) is 0 Å². The SMILES string of the molecule is CCCCN(CCCC)C(N=C(N)N)=NCC.O=[N+]([O-])O. The van der Waals surface area contributed by atoms with Crippen molar-refractivity contribution in [3.63, 3.8) is 0 Å². The van der Waals surface area contributed by atoms with Gasteiger partial charge in [0.25, 0.3) is 5.09 Å². The lowest BCUT2D eigenvalue weighted by Gasteiger charge is -2.23. The molecule has 124 valence electrons. The van der Waals surface area contributed by atoms with E-state index in [0.717, 1.165) is 38.8 Å². The maximum Gasteiger partial charge on any atom is 0.291 e. The van der Waals surface area contributed by atoms with Gasteiger partial charge in [-0.15, -0.1) is 10.1 Å². The molecule has 0 heterocycles. The lowest BCUT2D eigenvalue weighted by Crippen LogP contribution is -2.35. The molecule has 0 radical (unpaired) electrons. The Morgan fingerprint density at radius 1 is 1.19 bits per heavy atom. The van der Waals surface area contributed by atoms with Crippen LogP contribution in [0.3, 0.4) is 0 Å². The number of hydrogen-bond donors (Lipinski definition) is 3. The van der Waals surface area contributed by atoms with Gasteiger partial charge in [0.2, 0.25) is 5.96 Å². The van der Waals surface area contributed by atoms with Gasteiger partial charge in [0.1, 0.15) is 0 Å². The molecule has 0 rings (SSSR count). The van der Waals surface area contributed by atoms with Crippen molar-refractivity contribution in [3.8, 4) is 0 Å². The third kappa shape index (κ3) is 15.9. The molecule has 0 saturated carbocycles. The largest absolute Gasteiger partial charge is 0.370 e. The van der Waals surface area contributed by atoms with Crippen molar-refractivity contribution in [2.75, 3.05) is 19.6 Å². The highest BCUT2D eigenvalue weighted by Gasteiger charge is 2.09. The number of unbranched alkanes of at least 4 members (excludes halogenated alkanes) is 2. The Labute approximate surface area is 125 Å². The molecule has 0 aliphatic carbocycles. The molecule has 21 heavy (non-hydrogen) atoms. The number of hydrogen-bond acceptors (Lipinski definition) is 3. The molecule has 0 aliphatic rings. The monoisotopic (exact) mass is 304 g/mol. The molecule has 0 unspecified atom stereocenters. The molecule has 0 aromatic heterocycles. The van der Waals surface area contributed by atoms with Crippen molar-refractivity contribution in [1.82, 2.24) is 4.90 Å². The highest BCUT2D eigenvalue weighted by Crippen LogP contribution is 2.02. The number of rotatable bonds is 7. The molecule has 0 aliphatic heterocycles. The van der Waals surface area contributed by atoms with Crippen LogP contribution in [0.5, 0.6) is 0 Å². The van der Waals surface area contributed by atoms with Crippen molar-refractivity contribution in [1.29, 1.82) is 0 Å². The first-order valence-corrected chi connectivity index (χ1v) is 7.11. The minimum absolute atomic E-state index is 0.0789. The van der Waals surface area contributed by atoms with E-state index >= 15 is 0 Å². The Morgan fingerprint density at radius 2 is 1.62 bits per heavy atom. The van der Waals surface area contributed by atoms with E-state index in [-0.39, 0.29) is 5.96 Å². The van der Waals surface area contributed by atoms with Gasteiger partial charge in [-0.1, -0.05) is 26.7 Å². The number of nitrogens with two attached hydrogens (primary N) is 2. The van der Waals surface area contributed by atoms with Gasteiger partial charge in [-0.25, -0.2) is 0 Å². The summed E-state index contributed by atoms with van der Waals surface area (Å²) in [6.07, 6.45) is 4.58. The number of guanidine groups is 2. The summed E-state index contributed by atoms with van der Waals surface area (Å²) < 4.78 is 0. The quantitative estimate of drug-likeness (QED) is 0.279. The summed E-state index contributed by atoms with van der Waals surface area (Å²) in [5.74, 6) is 0.754. The Hall–Kier alpha value is -2.06. The molecule has 0 fully saturated rings. The second-order valence-corrected chi connectivity index (χ2v) is 4.24. The summed E-state index contributed by atoms with van der Waals surface area (Å²) in [5.41, 5.74) is 10.9. The minimum Gasteiger partial charge on any atom is -0.370 e. The smallest absolute Gasteiger partial charge is 0.291 e. The zero-order chi connectivity index (χ0) is 16.7. The number of aliphatic imine (C=N–C) groups is 2. The fourth-order valence-corrected chi connectivity index (χ4v) is 1.47. The second kappa shape index (κ2) is 14.4. The molecule has 9 nitrogen and oxygen atoms in total. The molecule has 9 heteroatoms. The second-order valence-electron chi connectivity index (χ2n) is 4.24. The predicted molar refractivity (Wildman–Crippen MR) is 84.0 cm³/mol. The maximum atomic E-state index is 8.36. The molecule has 0 aromatic rings. The zero-order valence-corrected chi connectivity index (χ0v) is 13.2. The topological polar surface area (TPSA) is 143 Å². The third-order valence-corrected chi connectivity index (χ3v) is 2.37. The van der Waals surface area contributed by atoms with Gasteiger partial charge in [-0.2, -0.15) is 4.99 Å². The van der Waals surface area contributed by atoms with E-state index in [0.29, 0.717) is 12.5 Å². The summed E-state index contributed by atoms with van der Waals surface area (Å²) in [4.78, 5) is 19.0. The molecular formula is C12H28N6O3. The van der Waals surface area contributed by atoms with E-state index < -0.39 is 5.09 Å². The van der Waals surface area contributed by atoms with Crippen LogP contribution in [0.4, 0.5) is 0 Å². The average molecular weight is 304 g/mol. The van der Waals surface area contributed by atoms with Crippen molar-refractivity contribution in [3.05, 3.63) is 10.1 Å². The van der Waals surface area contributed by atoms with E-state index in [1.54, 1.807) is 0 Å². The lowest BCUT2D eigenvalue weighted by molar-refractivity contribution is -0.742. The highest BCUT2D eigenvalue weighted by molar-refractivity contribution is 5.93. The van der Waals surface area contributed by atoms with Crippen LogP contribution in [0, 0.1) is 10.1 Å². The van der Waals surface area contributed by atoms with E-state index in [9.17, 15) is 0 Å². The summed E-state index contributed by atoms with van der Waals surface area (Å²) in [6, 6.07) is 0. The van der Waals surface area contributed by atoms with Gasteiger partial charge in [-0.05, 0) is 19.8 Å². The molecule has 0 aromatic carbocycles. The zero-order valence-electron chi connectivity index (χ0n) is 13.2. The molecule has 5 N–H and O–H groups in total. The van der Waals surface area contributed by atoms with Gasteiger partial charge in [-0.3, -0.25) is 4.99 Å². The first kappa shape index (κ1) is 21.2. The average Bonchev–Trinajstić information content (AvgIpc) is 2.37. The van der Waals surface area contributed by atoms with Crippen molar-refractivity contribution in [2.24, 2.45) is 21.5 Å². The molecule has 0 atom stereocenters. The van der Waals surface area contributed by atoms with Crippen LogP contribution in [0.25, 0.3) is 0 Å². The fourth-order valence-electron chi connectivity index (χ4n) is 1.47. The first-order valence-electron chi connectivity index (χ1n) is 7.11. The van der Waals surface area contributed by atoms with Crippen LogP contribution in [-0.2, 0) is 0 Å². The Balaban J connectivity index is 0. The van der Waals surface area contributed by atoms with Crippen molar-refractivity contribution in [2.45, 2.75) is 46.5 Å². The van der Waals surface area contributed by atoms with Crippen LogP contribution in [-0.4, -0.2) is 46.7 Å². The van der Waals surface area contributed by atoms with Crippen LogP contribution in [0.15, 0.2) is 9.98 Å². The van der Waals surface area contributed by atoms with Gasteiger partial charge < -0.3 is 21.6 Å². The van der Waals surface area contributed by atoms with E-state index in [2.05, 4.69) is 28.7 Å². The highest BCUT2D eigenvalue weighted by atomic mass is 16.9. The molecule has 0 saturated heterocycles. The standard InChI is InChI=1S/C12H27N5.HNO3/c1-4-7-9-17(10-8-5-2)12(15-6-3)16-11(13)14;2-1(3)4/h4-10H2,1-3H3,(H4,13,14,15,16);(H,2,3,4). The van der Waals surface area contributed by atoms with Crippen LogP contribution in [0.1, 0.15) is 46.5 Å². The van der Waals surface area contributed by atoms with E-state index in [1.807, 2.05) is 6.92 Å². The molecule has 0 bridgehead atoms. The Kier molecular flexibility index (Phi) is 14.5. The normalized spacial score (nSPS) is 10.3. The minimum atomic E-state index is -1.50. The Bertz CT molecular complexity index is 317.